The van der Waals surface area contributed by atoms with E-state index in [1.165, 1.54) is 0 Å². The molecule has 6 heteroatoms. The first-order valence-corrected chi connectivity index (χ1v) is 8.75. The first kappa shape index (κ1) is 18.5. The topological polar surface area (TPSA) is 71.8 Å². The van der Waals surface area contributed by atoms with Crippen molar-refractivity contribution in [3.8, 4) is 0 Å². The molecule has 1 saturated heterocycles. The molecule has 2 rings (SSSR count). The maximum absolute atomic E-state index is 12.9. The van der Waals surface area contributed by atoms with Crippen LogP contribution in [0, 0.1) is 13.8 Å². The van der Waals surface area contributed by atoms with E-state index in [-0.39, 0.29) is 17.9 Å². The Bertz CT molecular complexity index is 561. The van der Waals surface area contributed by atoms with Crippen LogP contribution in [0.5, 0.6) is 0 Å². The zero-order valence-corrected chi connectivity index (χ0v) is 14.9. The van der Waals surface area contributed by atoms with Crippen LogP contribution in [-0.4, -0.2) is 49.1 Å². The lowest BCUT2D eigenvalue weighted by molar-refractivity contribution is -0.121. The number of furan rings is 1. The summed E-state index contributed by atoms with van der Waals surface area (Å²) < 4.78 is 11.1. The van der Waals surface area contributed by atoms with Crippen LogP contribution in [-0.2, 0) is 9.53 Å². The van der Waals surface area contributed by atoms with Crippen molar-refractivity contribution in [1.82, 2.24) is 10.2 Å². The molecule has 1 N–H and O–H groups in total. The predicted octanol–water partition coefficient (Wildman–Crippen LogP) is 2.43. The minimum Gasteiger partial charge on any atom is -0.466 e. The van der Waals surface area contributed by atoms with Crippen molar-refractivity contribution in [3.63, 3.8) is 0 Å². The fourth-order valence-electron chi connectivity index (χ4n) is 2.91. The van der Waals surface area contributed by atoms with Gasteiger partial charge in [-0.05, 0) is 39.2 Å². The summed E-state index contributed by atoms with van der Waals surface area (Å²) in [5, 5.41) is 2.85. The lowest BCUT2D eigenvalue weighted by Crippen LogP contribution is -2.40. The van der Waals surface area contributed by atoms with Gasteiger partial charge in [0.05, 0.1) is 11.7 Å². The summed E-state index contributed by atoms with van der Waals surface area (Å²) in [5.74, 6) is 1.21. The highest BCUT2D eigenvalue weighted by atomic mass is 16.5. The average Bonchev–Trinajstić information content (AvgIpc) is 3.17. The number of aryl methyl sites for hydroxylation is 2. The Kier molecular flexibility index (Phi) is 6.85. The summed E-state index contributed by atoms with van der Waals surface area (Å²) >= 11 is 0. The molecule has 0 unspecified atom stereocenters. The second kappa shape index (κ2) is 8.87. The van der Waals surface area contributed by atoms with E-state index in [4.69, 9.17) is 9.15 Å². The molecule has 1 aliphatic rings. The molecule has 0 spiro atoms. The van der Waals surface area contributed by atoms with E-state index >= 15 is 0 Å². The predicted molar refractivity (Wildman–Crippen MR) is 91.0 cm³/mol. The number of hydrogen-bond acceptors (Lipinski definition) is 4. The fraction of sp³-hybridized carbons (Fsp3) is 0.667. The Morgan fingerprint density at radius 1 is 1.38 bits per heavy atom. The van der Waals surface area contributed by atoms with Crippen LogP contribution >= 0.6 is 0 Å². The smallest absolute Gasteiger partial charge is 0.257 e. The van der Waals surface area contributed by atoms with Gasteiger partial charge in [-0.2, -0.15) is 0 Å². The molecule has 1 fully saturated rings. The van der Waals surface area contributed by atoms with Crippen molar-refractivity contribution in [2.75, 3.05) is 26.2 Å². The third-order valence-corrected chi connectivity index (χ3v) is 4.19. The first-order valence-electron chi connectivity index (χ1n) is 8.75. The number of nitrogens with one attached hydrogen (secondary N) is 1. The van der Waals surface area contributed by atoms with Gasteiger partial charge in [0.1, 0.15) is 11.5 Å². The highest BCUT2D eigenvalue weighted by molar-refractivity contribution is 5.95. The monoisotopic (exact) mass is 336 g/mol. The maximum Gasteiger partial charge on any atom is 0.257 e. The minimum absolute atomic E-state index is 0.0258. The van der Waals surface area contributed by atoms with E-state index in [1.807, 2.05) is 13.8 Å². The van der Waals surface area contributed by atoms with Crippen molar-refractivity contribution in [3.05, 3.63) is 23.2 Å². The zero-order chi connectivity index (χ0) is 17.5. The number of carbonyl (C=O) groups excluding carboxylic acids is 2. The lowest BCUT2D eigenvalue weighted by atomic mass is 10.1. The van der Waals surface area contributed by atoms with Crippen molar-refractivity contribution >= 4 is 11.8 Å². The number of nitrogens with zero attached hydrogens (tertiary/aromatic N) is 1. The van der Waals surface area contributed by atoms with Crippen LogP contribution in [0.3, 0.4) is 0 Å². The lowest BCUT2D eigenvalue weighted by Gasteiger charge is -2.25. The molecule has 6 nitrogen and oxygen atoms in total. The number of carbonyl (C=O) groups is 2. The molecule has 1 aromatic heterocycles. The molecule has 0 aliphatic carbocycles. The highest BCUT2D eigenvalue weighted by Crippen LogP contribution is 2.19. The molecule has 24 heavy (non-hydrogen) atoms. The maximum atomic E-state index is 12.9. The molecule has 2 amide bonds. The quantitative estimate of drug-likeness (QED) is 0.791. The Morgan fingerprint density at radius 3 is 2.75 bits per heavy atom. The van der Waals surface area contributed by atoms with Gasteiger partial charge in [0.2, 0.25) is 5.91 Å². The van der Waals surface area contributed by atoms with Crippen molar-refractivity contribution in [2.45, 2.75) is 52.6 Å². The first-order chi connectivity index (χ1) is 11.5. The molecule has 2 heterocycles. The Labute approximate surface area is 143 Å². The van der Waals surface area contributed by atoms with Crippen LogP contribution in [0.15, 0.2) is 10.5 Å². The van der Waals surface area contributed by atoms with Gasteiger partial charge in [-0.1, -0.05) is 6.92 Å². The van der Waals surface area contributed by atoms with E-state index in [1.54, 1.807) is 17.9 Å². The van der Waals surface area contributed by atoms with E-state index in [0.717, 1.165) is 25.9 Å². The molecule has 1 aromatic rings. The minimum atomic E-state index is -0.0943. The van der Waals surface area contributed by atoms with Crippen LogP contribution in [0.2, 0.25) is 0 Å². The second-order valence-corrected chi connectivity index (χ2v) is 6.31. The molecule has 1 atom stereocenters. The fourth-order valence-corrected chi connectivity index (χ4v) is 2.91. The summed E-state index contributed by atoms with van der Waals surface area (Å²) in [6.07, 6.45) is 3.23. The normalized spacial score (nSPS) is 17.0. The summed E-state index contributed by atoms with van der Waals surface area (Å²) in [5.41, 5.74) is 0.569. The number of amides is 2. The van der Waals surface area contributed by atoms with E-state index in [0.29, 0.717) is 43.1 Å². The third-order valence-electron chi connectivity index (χ3n) is 4.19. The van der Waals surface area contributed by atoms with Crippen LogP contribution in [0.1, 0.15) is 54.5 Å². The van der Waals surface area contributed by atoms with Gasteiger partial charge in [-0.15, -0.1) is 0 Å². The van der Waals surface area contributed by atoms with Gasteiger partial charge in [-0.25, -0.2) is 0 Å². The Hall–Kier alpha value is -1.82. The average molecular weight is 336 g/mol. The van der Waals surface area contributed by atoms with E-state index in [9.17, 15) is 9.59 Å². The molecule has 134 valence electrons. The SMILES string of the molecule is CCCNC(=O)CCN(C[C@@H]1CCCO1)C(=O)c1cc(C)oc1C. The van der Waals surface area contributed by atoms with Gasteiger partial charge in [0, 0.05) is 32.7 Å². The zero-order valence-electron chi connectivity index (χ0n) is 14.9. The van der Waals surface area contributed by atoms with Crippen molar-refractivity contribution in [2.24, 2.45) is 0 Å². The van der Waals surface area contributed by atoms with Crippen LogP contribution < -0.4 is 5.32 Å². The highest BCUT2D eigenvalue weighted by Gasteiger charge is 2.26. The Balaban J connectivity index is 2.02. The van der Waals surface area contributed by atoms with Gasteiger partial charge < -0.3 is 19.4 Å². The molecule has 0 aromatic carbocycles. The number of rotatable bonds is 8. The summed E-state index contributed by atoms with van der Waals surface area (Å²) in [4.78, 5) is 26.5. The largest absolute Gasteiger partial charge is 0.466 e. The summed E-state index contributed by atoms with van der Waals surface area (Å²) in [7, 11) is 0. The van der Waals surface area contributed by atoms with Crippen molar-refractivity contribution in [1.29, 1.82) is 0 Å². The molecule has 0 radical (unpaired) electrons. The molecule has 0 saturated carbocycles. The molecule has 1 aliphatic heterocycles. The summed E-state index contributed by atoms with van der Waals surface area (Å²) in [6.45, 7) is 7.94. The molecular weight excluding hydrogens is 308 g/mol. The third kappa shape index (κ3) is 5.09. The van der Waals surface area contributed by atoms with Crippen molar-refractivity contribution < 1.29 is 18.7 Å². The van der Waals surface area contributed by atoms with E-state index in [2.05, 4.69) is 5.32 Å². The van der Waals surface area contributed by atoms with Gasteiger partial charge in [-0.3, -0.25) is 9.59 Å². The van der Waals surface area contributed by atoms with E-state index < -0.39 is 0 Å². The van der Waals surface area contributed by atoms with Gasteiger partial charge in [0.25, 0.3) is 5.91 Å². The summed E-state index contributed by atoms with van der Waals surface area (Å²) in [6, 6.07) is 1.76. The van der Waals surface area contributed by atoms with Gasteiger partial charge >= 0.3 is 0 Å². The molecular formula is C18H28N2O4. The molecule has 0 bridgehead atoms. The number of ether oxygens (including phenoxy) is 1. The second-order valence-electron chi connectivity index (χ2n) is 6.31. The Morgan fingerprint density at radius 2 is 2.17 bits per heavy atom. The van der Waals surface area contributed by atoms with Gasteiger partial charge in [0.15, 0.2) is 0 Å². The standard InChI is InChI=1S/C18H28N2O4/c1-4-8-19-17(21)7-9-20(12-15-6-5-10-23-15)18(22)16-11-13(2)24-14(16)3/h11,15H,4-10,12H2,1-3H3,(H,19,21)/t15-/m0/s1. The van der Waals surface area contributed by atoms with Crippen LogP contribution in [0.4, 0.5) is 0 Å². The number of hydrogen-bond donors (Lipinski definition) is 1. The van der Waals surface area contributed by atoms with Crippen LogP contribution in [0.25, 0.3) is 0 Å².